The first-order valence-electron chi connectivity index (χ1n) is 8.81. The number of aliphatic hydroxyl groups is 1. The molecule has 7 nitrogen and oxygen atoms in total. The van der Waals surface area contributed by atoms with Crippen molar-refractivity contribution in [3.8, 4) is 0 Å². The maximum Gasteiger partial charge on any atom is 0.198 e. The van der Waals surface area contributed by atoms with Crippen molar-refractivity contribution >= 4 is 23.1 Å². The molecule has 1 saturated carbocycles. The first kappa shape index (κ1) is 23.2. The van der Waals surface area contributed by atoms with Crippen molar-refractivity contribution < 1.29 is 33.8 Å². The number of hydrogen-bond donors (Lipinski definition) is 1. The van der Waals surface area contributed by atoms with E-state index in [0.29, 0.717) is 12.0 Å². The van der Waals surface area contributed by atoms with E-state index in [1.807, 2.05) is 0 Å². The SMILES string of the molecule is CC1(C)CC(=O)C2OC2(C)C1=O.CO.COC1=C(C)C(=O)C(C)(C)CC1=O. The van der Waals surface area contributed by atoms with E-state index in [9.17, 15) is 19.2 Å². The van der Waals surface area contributed by atoms with Gasteiger partial charge in [-0.25, -0.2) is 0 Å². The molecule has 2 aliphatic carbocycles. The van der Waals surface area contributed by atoms with Gasteiger partial charge < -0.3 is 14.6 Å². The van der Waals surface area contributed by atoms with Gasteiger partial charge in [0.15, 0.2) is 40.6 Å². The second-order valence-corrected chi connectivity index (χ2v) is 8.43. The molecule has 0 bridgehead atoms. The first-order valence-corrected chi connectivity index (χ1v) is 8.81. The van der Waals surface area contributed by atoms with E-state index >= 15 is 0 Å². The molecule has 3 rings (SSSR count). The van der Waals surface area contributed by atoms with Gasteiger partial charge in [-0.1, -0.05) is 27.7 Å². The molecule has 0 spiro atoms. The summed E-state index contributed by atoms with van der Waals surface area (Å²) in [6, 6.07) is 0. The van der Waals surface area contributed by atoms with Gasteiger partial charge in [0.1, 0.15) is 0 Å². The van der Waals surface area contributed by atoms with E-state index in [-0.39, 0.29) is 35.3 Å². The average molecular weight is 382 g/mol. The summed E-state index contributed by atoms with van der Waals surface area (Å²) in [5.41, 5.74) is -1.43. The van der Waals surface area contributed by atoms with Gasteiger partial charge >= 0.3 is 0 Å². The smallest absolute Gasteiger partial charge is 0.198 e. The predicted molar refractivity (Wildman–Crippen MR) is 98.0 cm³/mol. The number of carbonyl (C=O) groups is 4. The zero-order valence-corrected chi connectivity index (χ0v) is 17.4. The Bertz CT molecular complexity index is 692. The normalized spacial score (nSPS) is 30.5. The molecular weight excluding hydrogens is 352 g/mol. The summed E-state index contributed by atoms with van der Waals surface area (Å²) < 4.78 is 10.0. The van der Waals surface area contributed by atoms with Gasteiger partial charge in [0.25, 0.3) is 0 Å². The third-order valence-electron chi connectivity index (χ3n) is 5.14. The van der Waals surface area contributed by atoms with Gasteiger partial charge in [-0.05, 0) is 13.8 Å². The number of Topliss-reactive ketones (excluding diaryl/α,β-unsaturated/α-hetero) is 4. The van der Waals surface area contributed by atoms with E-state index in [4.69, 9.17) is 14.6 Å². The van der Waals surface area contributed by atoms with Gasteiger partial charge in [-0.3, -0.25) is 19.2 Å². The topological polar surface area (TPSA) is 110 Å². The Kier molecular flexibility index (Phi) is 6.56. The molecule has 1 saturated heterocycles. The number of ether oxygens (including phenoxy) is 2. The van der Waals surface area contributed by atoms with Crippen LogP contribution < -0.4 is 0 Å². The van der Waals surface area contributed by atoms with Crippen molar-refractivity contribution in [3.63, 3.8) is 0 Å². The van der Waals surface area contributed by atoms with Crippen LogP contribution in [0.25, 0.3) is 0 Å². The molecule has 27 heavy (non-hydrogen) atoms. The van der Waals surface area contributed by atoms with Crippen LogP contribution in [0.1, 0.15) is 54.4 Å². The monoisotopic (exact) mass is 382 g/mol. The lowest BCUT2D eigenvalue weighted by molar-refractivity contribution is -0.137. The highest BCUT2D eigenvalue weighted by atomic mass is 16.6. The summed E-state index contributed by atoms with van der Waals surface area (Å²) in [6.45, 7) is 10.5. The molecule has 1 N–H and O–H groups in total. The maximum absolute atomic E-state index is 11.7. The summed E-state index contributed by atoms with van der Waals surface area (Å²) in [5.74, 6) is 0.291. The summed E-state index contributed by atoms with van der Waals surface area (Å²) in [7, 11) is 2.42. The quantitative estimate of drug-likeness (QED) is 0.688. The van der Waals surface area contributed by atoms with Crippen LogP contribution in [0.2, 0.25) is 0 Å². The van der Waals surface area contributed by atoms with Crippen molar-refractivity contribution in [2.75, 3.05) is 14.2 Å². The zero-order chi connectivity index (χ0) is 21.4. The van der Waals surface area contributed by atoms with Crippen molar-refractivity contribution in [1.82, 2.24) is 0 Å². The zero-order valence-electron chi connectivity index (χ0n) is 17.4. The van der Waals surface area contributed by atoms with E-state index in [0.717, 1.165) is 7.11 Å². The Hall–Kier alpha value is -1.86. The molecule has 7 heteroatoms. The van der Waals surface area contributed by atoms with Crippen molar-refractivity contribution in [2.24, 2.45) is 10.8 Å². The number of hydrogen-bond acceptors (Lipinski definition) is 7. The molecule has 0 aromatic heterocycles. The van der Waals surface area contributed by atoms with Crippen LogP contribution in [0.4, 0.5) is 0 Å². The van der Waals surface area contributed by atoms with Crippen LogP contribution in [0.3, 0.4) is 0 Å². The number of epoxide rings is 1. The minimum atomic E-state index is -0.779. The minimum absolute atomic E-state index is 0.00366. The minimum Gasteiger partial charge on any atom is -0.493 e. The molecule has 0 amide bonds. The van der Waals surface area contributed by atoms with Crippen LogP contribution in [-0.4, -0.2) is 54.2 Å². The maximum atomic E-state index is 11.7. The van der Waals surface area contributed by atoms with Crippen LogP contribution in [0.5, 0.6) is 0 Å². The molecule has 1 aliphatic heterocycles. The summed E-state index contributed by atoms with van der Waals surface area (Å²) >= 11 is 0. The summed E-state index contributed by atoms with van der Waals surface area (Å²) in [5, 5.41) is 7.00. The highest BCUT2D eigenvalue weighted by molar-refractivity contribution is 6.12. The predicted octanol–water partition coefficient (Wildman–Crippen LogP) is 1.80. The highest BCUT2D eigenvalue weighted by Crippen LogP contribution is 2.49. The molecule has 0 radical (unpaired) electrons. The van der Waals surface area contributed by atoms with Gasteiger partial charge in [0.05, 0.1) is 7.11 Å². The van der Waals surface area contributed by atoms with Crippen molar-refractivity contribution in [3.05, 3.63) is 11.3 Å². The van der Waals surface area contributed by atoms with Crippen LogP contribution in [0.15, 0.2) is 11.3 Å². The van der Waals surface area contributed by atoms with Gasteiger partial charge in [-0.2, -0.15) is 0 Å². The first-order chi connectivity index (χ1) is 12.3. The third kappa shape index (κ3) is 4.19. The van der Waals surface area contributed by atoms with E-state index in [1.54, 1.807) is 41.5 Å². The fraction of sp³-hybridized carbons (Fsp3) is 0.700. The van der Waals surface area contributed by atoms with Crippen molar-refractivity contribution in [1.29, 1.82) is 0 Å². The van der Waals surface area contributed by atoms with Gasteiger partial charge in [0, 0.05) is 36.4 Å². The molecule has 2 fully saturated rings. The van der Waals surface area contributed by atoms with Gasteiger partial charge in [-0.15, -0.1) is 0 Å². The Morgan fingerprint density at radius 3 is 1.96 bits per heavy atom. The van der Waals surface area contributed by atoms with E-state index in [2.05, 4.69) is 0 Å². The number of ketones is 4. The largest absolute Gasteiger partial charge is 0.493 e. The van der Waals surface area contributed by atoms with E-state index < -0.39 is 22.5 Å². The van der Waals surface area contributed by atoms with Gasteiger partial charge in [0.2, 0.25) is 0 Å². The number of methoxy groups -OCH3 is 1. The average Bonchev–Trinajstić information content (AvgIpc) is 3.27. The number of allylic oxidation sites excluding steroid dienone is 2. The molecule has 2 atom stereocenters. The molecule has 0 aromatic carbocycles. The van der Waals surface area contributed by atoms with Crippen LogP contribution >= 0.6 is 0 Å². The Morgan fingerprint density at radius 1 is 0.963 bits per heavy atom. The lowest BCUT2D eigenvalue weighted by Gasteiger charge is -2.28. The number of aliphatic hydroxyl groups excluding tert-OH is 1. The molecular formula is C20H30O7. The Labute approximate surface area is 160 Å². The highest BCUT2D eigenvalue weighted by Gasteiger charge is 2.68. The van der Waals surface area contributed by atoms with Crippen LogP contribution in [0, 0.1) is 10.8 Å². The second kappa shape index (κ2) is 7.64. The lowest BCUT2D eigenvalue weighted by atomic mass is 9.71. The van der Waals surface area contributed by atoms with Crippen LogP contribution in [-0.2, 0) is 28.7 Å². The van der Waals surface area contributed by atoms with Crippen molar-refractivity contribution in [2.45, 2.75) is 66.1 Å². The fourth-order valence-corrected chi connectivity index (χ4v) is 3.69. The summed E-state index contributed by atoms with van der Waals surface area (Å²) in [4.78, 5) is 46.1. The molecule has 152 valence electrons. The Morgan fingerprint density at radius 2 is 1.48 bits per heavy atom. The number of carbonyl (C=O) groups excluding carboxylic acids is 4. The standard InChI is InChI=1S/C10H14O3.C9H12O3.CH4O/c1-6-8(13-4)7(11)5-10(2,3)9(6)12;1-8(2)4-5(10)6-9(3,12-6)7(8)11;1-2/h5H2,1-4H3;6H,4H2,1-3H3;2H,1H3. The Balaban J connectivity index is 0.000000248. The molecule has 3 aliphatic rings. The fourth-order valence-electron chi connectivity index (χ4n) is 3.69. The second-order valence-electron chi connectivity index (χ2n) is 8.43. The van der Waals surface area contributed by atoms with E-state index in [1.165, 1.54) is 7.11 Å². The lowest BCUT2D eigenvalue weighted by Crippen LogP contribution is -2.45. The third-order valence-corrected chi connectivity index (χ3v) is 5.14. The summed E-state index contributed by atoms with van der Waals surface area (Å²) in [6.07, 6.45) is 0.136. The molecule has 2 unspecified atom stereocenters. The number of rotatable bonds is 1. The molecule has 0 aromatic rings. The number of fused-ring (bicyclic) bond motifs is 1. The molecule has 1 heterocycles.